The number of halogens is 3. The zero-order valence-corrected chi connectivity index (χ0v) is 12.9. The third kappa shape index (κ3) is 4.18. The van der Waals surface area contributed by atoms with Gasteiger partial charge in [0.05, 0.1) is 13.2 Å². The molecule has 0 atom stereocenters. The average molecular weight is 345 g/mol. The van der Waals surface area contributed by atoms with Crippen LogP contribution >= 0.6 is 0 Å². The van der Waals surface area contributed by atoms with Gasteiger partial charge < -0.3 is 19.1 Å². The van der Waals surface area contributed by atoms with Crippen LogP contribution in [0.4, 0.5) is 13.2 Å². The van der Waals surface area contributed by atoms with Crippen molar-refractivity contribution in [1.29, 1.82) is 0 Å². The molecule has 0 radical (unpaired) electrons. The van der Waals surface area contributed by atoms with Gasteiger partial charge in [-0.2, -0.15) is 0 Å². The molecule has 2 heterocycles. The van der Waals surface area contributed by atoms with Crippen LogP contribution in [0.5, 0.6) is 5.75 Å². The maximum atomic E-state index is 12.4. The Kier molecular flexibility index (Phi) is 4.96. The molecule has 0 aliphatic carbocycles. The third-order valence-electron chi connectivity index (χ3n) is 4.19. The number of piperidine rings is 1. The van der Waals surface area contributed by atoms with E-state index in [4.69, 9.17) is 9.47 Å². The Labute approximate surface area is 137 Å². The second-order valence-electron chi connectivity index (χ2n) is 5.81. The van der Waals surface area contributed by atoms with Gasteiger partial charge in [-0.3, -0.25) is 4.79 Å². The molecule has 5 nitrogen and oxygen atoms in total. The van der Waals surface area contributed by atoms with Crippen molar-refractivity contribution in [1.82, 2.24) is 4.90 Å². The van der Waals surface area contributed by atoms with E-state index in [2.05, 4.69) is 4.74 Å². The van der Waals surface area contributed by atoms with Crippen LogP contribution in [0.3, 0.4) is 0 Å². The number of rotatable bonds is 3. The molecule has 3 rings (SSSR count). The molecule has 0 N–H and O–H groups in total. The van der Waals surface area contributed by atoms with Gasteiger partial charge in [0.15, 0.2) is 6.29 Å². The largest absolute Gasteiger partial charge is 0.573 e. The van der Waals surface area contributed by atoms with Gasteiger partial charge in [0.1, 0.15) is 5.75 Å². The minimum absolute atomic E-state index is 0.180. The summed E-state index contributed by atoms with van der Waals surface area (Å²) in [5.74, 6) is -0.257. The summed E-state index contributed by atoms with van der Waals surface area (Å²) >= 11 is 0. The fourth-order valence-corrected chi connectivity index (χ4v) is 3.01. The number of alkyl halides is 3. The monoisotopic (exact) mass is 345 g/mol. The number of benzene rings is 1. The molecule has 8 heteroatoms. The van der Waals surface area contributed by atoms with E-state index < -0.39 is 6.36 Å². The van der Waals surface area contributed by atoms with Crippen molar-refractivity contribution in [2.45, 2.75) is 25.5 Å². The summed E-state index contributed by atoms with van der Waals surface area (Å²) < 4.78 is 51.2. The minimum Gasteiger partial charge on any atom is -0.406 e. The summed E-state index contributed by atoms with van der Waals surface area (Å²) in [6, 6.07) is 4.98. The van der Waals surface area contributed by atoms with Crippen LogP contribution in [0.1, 0.15) is 23.2 Å². The number of ether oxygens (including phenoxy) is 3. The number of hydrogen-bond donors (Lipinski definition) is 0. The SMILES string of the molecule is O=C(c1ccc(OC(F)(F)F)cc1)N1CCC(C2OCCO2)CC1. The second-order valence-corrected chi connectivity index (χ2v) is 5.81. The maximum Gasteiger partial charge on any atom is 0.573 e. The quantitative estimate of drug-likeness (QED) is 0.845. The second kappa shape index (κ2) is 6.98. The molecule has 2 aliphatic heterocycles. The molecule has 1 aromatic carbocycles. The van der Waals surface area contributed by atoms with Crippen LogP contribution in [-0.4, -0.2) is 49.8 Å². The Morgan fingerprint density at radius 3 is 2.21 bits per heavy atom. The molecule has 2 fully saturated rings. The Balaban J connectivity index is 1.55. The molecule has 0 spiro atoms. The lowest BCUT2D eigenvalue weighted by Gasteiger charge is -2.33. The summed E-state index contributed by atoms with van der Waals surface area (Å²) in [5.41, 5.74) is 0.344. The van der Waals surface area contributed by atoms with Crippen LogP contribution < -0.4 is 4.74 Å². The molecule has 2 aliphatic rings. The number of hydrogen-bond acceptors (Lipinski definition) is 4. The molecule has 0 bridgehead atoms. The number of carbonyl (C=O) groups is 1. The van der Waals surface area contributed by atoms with Gasteiger partial charge in [0.2, 0.25) is 0 Å². The predicted molar refractivity (Wildman–Crippen MR) is 77.4 cm³/mol. The van der Waals surface area contributed by atoms with Crippen LogP contribution in [0.15, 0.2) is 24.3 Å². The fraction of sp³-hybridized carbons (Fsp3) is 0.562. The van der Waals surface area contributed by atoms with E-state index in [1.165, 1.54) is 12.1 Å². The van der Waals surface area contributed by atoms with Crippen molar-refractivity contribution in [3.8, 4) is 5.75 Å². The lowest BCUT2D eigenvalue weighted by Crippen LogP contribution is -2.41. The normalized spacial score (nSPS) is 20.4. The smallest absolute Gasteiger partial charge is 0.406 e. The lowest BCUT2D eigenvalue weighted by molar-refractivity contribution is -0.274. The van der Waals surface area contributed by atoms with E-state index in [1.807, 2.05) is 0 Å². The highest BCUT2D eigenvalue weighted by Crippen LogP contribution is 2.27. The van der Waals surface area contributed by atoms with E-state index in [0.717, 1.165) is 25.0 Å². The Morgan fingerprint density at radius 1 is 1.08 bits per heavy atom. The topological polar surface area (TPSA) is 48.0 Å². The van der Waals surface area contributed by atoms with Crippen molar-refractivity contribution in [2.75, 3.05) is 26.3 Å². The molecule has 132 valence electrons. The molecular formula is C16H18F3NO4. The first-order chi connectivity index (χ1) is 11.4. The maximum absolute atomic E-state index is 12.4. The summed E-state index contributed by atoms with van der Waals surface area (Å²) in [6.45, 7) is 2.37. The van der Waals surface area contributed by atoms with E-state index in [9.17, 15) is 18.0 Å². The highest BCUT2D eigenvalue weighted by Gasteiger charge is 2.33. The first-order valence-corrected chi connectivity index (χ1v) is 7.81. The minimum atomic E-state index is -4.74. The molecule has 1 aromatic rings. The molecule has 0 saturated carbocycles. The van der Waals surface area contributed by atoms with Crippen molar-refractivity contribution < 1.29 is 32.2 Å². The van der Waals surface area contributed by atoms with Gasteiger partial charge in [-0.05, 0) is 37.1 Å². The number of likely N-dealkylation sites (tertiary alicyclic amines) is 1. The van der Waals surface area contributed by atoms with Gasteiger partial charge in [-0.25, -0.2) is 0 Å². The van der Waals surface area contributed by atoms with Crippen molar-refractivity contribution in [3.63, 3.8) is 0 Å². The first-order valence-electron chi connectivity index (χ1n) is 7.81. The van der Waals surface area contributed by atoms with Gasteiger partial charge in [0, 0.05) is 24.6 Å². The summed E-state index contributed by atoms with van der Waals surface area (Å²) in [4.78, 5) is 14.1. The highest BCUT2D eigenvalue weighted by molar-refractivity contribution is 5.94. The summed E-state index contributed by atoms with van der Waals surface area (Å²) in [7, 11) is 0. The fourth-order valence-electron chi connectivity index (χ4n) is 3.01. The van der Waals surface area contributed by atoms with Crippen LogP contribution in [0.2, 0.25) is 0 Å². The van der Waals surface area contributed by atoms with Gasteiger partial charge in [-0.15, -0.1) is 13.2 Å². The molecule has 0 aromatic heterocycles. The summed E-state index contributed by atoms with van der Waals surface area (Å²) in [6.07, 6.45) is -3.35. The van der Waals surface area contributed by atoms with Gasteiger partial charge >= 0.3 is 6.36 Å². The molecule has 1 amide bonds. The lowest BCUT2D eigenvalue weighted by atomic mass is 9.95. The number of nitrogens with zero attached hydrogens (tertiary/aromatic N) is 1. The first kappa shape index (κ1) is 17.0. The van der Waals surface area contributed by atoms with Crippen LogP contribution in [0, 0.1) is 5.92 Å². The third-order valence-corrected chi connectivity index (χ3v) is 4.19. The average Bonchev–Trinajstić information content (AvgIpc) is 3.08. The highest BCUT2D eigenvalue weighted by atomic mass is 19.4. The number of carbonyl (C=O) groups excluding carboxylic acids is 1. The Bertz CT molecular complexity index is 562. The van der Waals surface area contributed by atoms with Crippen LogP contribution in [-0.2, 0) is 9.47 Å². The standard InChI is InChI=1S/C16H18F3NO4/c17-16(18,19)24-13-3-1-11(2-4-13)14(21)20-7-5-12(6-8-20)15-22-9-10-23-15/h1-4,12,15H,5-10H2. The van der Waals surface area contributed by atoms with Gasteiger partial charge in [0.25, 0.3) is 5.91 Å². The molecular weight excluding hydrogens is 327 g/mol. The van der Waals surface area contributed by atoms with E-state index in [-0.39, 0.29) is 23.9 Å². The summed E-state index contributed by atoms with van der Waals surface area (Å²) in [5, 5.41) is 0. The molecule has 24 heavy (non-hydrogen) atoms. The zero-order valence-electron chi connectivity index (χ0n) is 12.9. The van der Waals surface area contributed by atoms with E-state index >= 15 is 0 Å². The van der Waals surface area contributed by atoms with Crippen molar-refractivity contribution in [2.24, 2.45) is 5.92 Å². The zero-order chi connectivity index (χ0) is 17.2. The predicted octanol–water partition coefficient (Wildman–Crippen LogP) is 2.81. The van der Waals surface area contributed by atoms with Crippen molar-refractivity contribution >= 4 is 5.91 Å². The Hall–Kier alpha value is -1.80. The van der Waals surface area contributed by atoms with Crippen molar-refractivity contribution in [3.05, 3.63) is 29.8 Å². The number of amides is 1. The Morgan fingerprint density at radius 2 is 1.67 bits per heavy atom. The molecule has 2 saturated heterocycles. The van der Waals surface area contributed by atoms with E-state index in [1.54, 1.807) is 4.90 Å². The van der Waals surface area contributed by atoms with Gasteiger partial charge in [-0.1, -0.05) is 0 Å². The van der Waals surface area contributed by atoms with E-state index in [0.29, 0.717) is 31.9 Å². The molecule has 0 unspecified atom stereocenters. The van der Waals surface area contributed by atoms with Crippen LogP contribution in [0.25, 0.3) is 0 Å².